The minimum atomic E-state index is -0.455. The van der Waals surface area contributed by atoms with Crippen LogP contribution in [-0.2, 0) is 10.5 Å². The summed E-state index contributed by atoms with van der Waals surface area (Å²) < 4.78 is 4.99. The van der Waals surface area contributed by atoms with Gasteiger partial charge in [0.1, 0.15) is 0 Å². The van der Waals surface area contributed by atoms with Crippen molar-refractivity contribution in [2.24, 2.45) is 0 Å². The van der Waals surface area contributed by atoms with Crippen LogP contribution < -0.4 is 10.1 Å². The van der Waals surface area contributed by atoms with E-state index in [4.69, 9.17) is 4.74 Å². The summed E-state index contributed by atoms with van der Waals surface area (Å²) in [5.74, 6) is 1.28. The average Bonchev–Trinajstić information content (AvgIpc) is 2.61. The molecule has 0 radical (unpaired) electrons. The van der Waals surface area contributed by atoms with E-state index in [0.29, 0.717) is 17.5 Å². The van der Waals surface area contributed by atoms with Gasteiger partial charge in [-0.05, 0) is 37.6 Å². The molecule has 1 N–H and O–H groups in total. The molecule has 0 unspecified atom stereocenters. The molecule has 0 spiro atoms. The summed E-state index contributed by atoms with van der Waals surface area (Å²) in [6.45, 7) is 1.90. The predicted molar refractivity (Wildman–Crippen MR) is 102 cm³/mol. The largest absolute Gasteiger partial charge is 0.490 e. The molecule has 1 heterocycles. The molecule has 0 aliphatic carbocycles. The molecule has 9 heteroatoms. The van der Waals surface area contributed by atoms with Gasteiger partial charge in [-0.15, -0.1) is 24.2 Å². The number of nitro groups is 1. The quantitative estimate of drug-likeness (QED) is 0.569. The Balaban J connectivity index is 0.00000312. The number of halogens is 1. The second-order valence-electron chi connectivity index (χ2n) is 5.74. The molecule has 1 aliphatic rings. The van der Waals surface area contributed by atoms with Crippen LogP contribution in [-0.4, -0.2) is 54.8 Å². The van der Waals surface area contributed by atoms with Gasteiger partial charge < -0.3 is 15.0 Å². The van der Waals surface area contributed by atoms with Gasteiger partial charge in [0.2, 0.25) is 5.91 Å². The zero-order chi connectivity index (χ0) is 17.5. The van der Waals surface area contributed by atoms with Gasteiger partial charge >= 0.3 is 5.69 Å². The van der Waals surface area contributed by atoms with E-state index in [0.717, 1.165) is 31.5 Å². The Morgan fingerprint density at radius 2 is 2.12 bits per heavy atom. The van der Waals surface area contributed by atoms with Gasteiger partial charge in [0, 0.05) is 24.9 Å². The normalized spacial score (nSPS) is 14.5. The summed E-state index contributed by atoms with van der Waals surface area (Å²) in [4.78, 5) is 24.7. The van der Waals surface area contributed by atoms with Crippen molar-refractivity contribution >= 4 is 35.8 Å². The predicted octanol–water partition coefficient (Wildman–Crippen LogP) is 2.47. The first kappa shape index (κ1) is 21.5. The fraction of sp³-hybridized carbons (Fsp3) is 0.562. The molecule has 1 saturated heterocycles. The lowest BCUT2D eigenvalue weighted by Crippen LogP contribution is -2.44. The lowest BCUT2D eigenvalue weighted by Gasteiger charge is -2.31. The zero-order valence-corrected chi connectivity index (χ0v) is 16.0. The minimum absolute atomic E-state index is 0. The SMILES string of the molecule is COc1ccc(CSCC(=O)N(C)C2CCNCC2)cc1[N+](=O)[O-].Cl. The molecule has 1 fully saturated rings. The fourth-order valence-corrected chi connectivity index (χ4v) is 3.62. The van der Waals surface area contributed by atoms with Crippen molar-refractivity contribution in [1.29, 1.82) is 0 Å². The highest BCUT2D eigenvalue weighted by Crippen LogP contribution is 2.29. The molecule has 0 atom stereocenters. The van der Waals surface area contributed by atoms with E-state index in [1.807, 2.05) is 11.9 Å². The number of benzene rings is 1. The number of nitrogens with zero attached hydrogens (tertiary/aromatic N) is 2. The first-order valence-corrected chi connectivity index (χ1v) is 9.04. The molecular formula is C16H24ClN3O4S. The summed E-state index contributed by atoms with van der Waals surface area (Å²) in [5, 5.41) is 14.3. The van der Waals surface area contributed by atoms with Crippen molar-refractivity contribution < 1.29 is 14.5 Å². The van der Waals surface area contributed by atoms with Crippen LogP contribution in [0.5, 0.6) is 5.75 Å². The number of nitrogens with one attached hydrogen (secondary N) is 1. The lowest BCUT2D eigenvalue weighted by molar-refractivity contribution is -0.385. The van der Waals surface area contributed by atoms with E-state index in [1.54, 1.807) is 12.1 Å². The number of carbonyl (C=O) groups is 1. The van der Waals surface area contributed by atoms with E-state index in [1.165, 1.54) is 24.9 Å². The van der Waals surface area contributed by atoms with Gasteiger partial charge in [-0.1, -0.05) is 6.07 Å². The topological polar surface area (TPSA) is 84.7 Å². The van der Waals surface area contributed by atoms with Crippen LogP contribution in [0.1, 0.15) is 18.4 Å². The van der Waals surface area contributed by atoms with Crippen molar-refractivity contribution in [2.45, 2.75) is 24.6 Å². The summed E-state index contributed by atoms with van der Waals surface area (Å²) in [5.41, 5.74) is 0.763. The summed E-state index contributed by atoms with van der Waals surface area (Å²) in [6, 6.07) is 5.20. The Morgan fingerprint density at radius 1 is 1.44 bits per heavy atom. The third-order valence-corrected chi connectivity index (χ3v) is 5.17. The van der Waals surface area contributed by atoms with Crippen LogP contribution in [0.2, 0.25) is 0 Å². The molecule has 25 heavy (non-hydrogen) atoms. The first-order valence-electron chi connectivity index (χ1n) is 7.88. The number of rotatable bonds is 7. The number of amides is 1. The van der Waals surface area contributed by atoms with Gasteiger partial charge in [-0.3, -0.25) is 14.9 Å². The van der Waals surface area contributed by atoms with Crippen LogP contribution >= 0.6 is 24.2 Å². The standard InChI is InChI=1S/C16H23N3O4S.ClH/c1-18(13-5-7-17-8-6-13)16(20)11-24-10-12-3-4-15(23-2)14(9-12)19(21)22;/h3-4,9,13,17H,5-8,10-11H2,1-2H3;1H. The number of ether oxygens (including phenoxy) is 1. The zero-order valence-electron chi connectivity index (χ0n) is 14.4. The van der Waals surface area contributed by atoms with Gasteiger partial charge in [0.25, 0.3) is 0 Å². The maximum atomic E-state index is 12.3. The molecule has 1 aromatic rings. The fourth-order valence-electron chi connectivity index (χ4n) is 2.72. The first-order chi connectivity index (χ1) is 11.5. The smallest absolute Gasteiger partial charge is 0.311 e. The number of thioether (sulfide) groups is 1. The average molecular weight is 390 g/mol. The van der Waals surface area contributed by atoms with E-state index in [2.05, 4.69) is 5.32 Å². The Labute approximate surface area is 158 Å². The van der Waals surface area contributed by atoms with Gasteiger partial charge in [-0.25, -0.2) is 0 Å². The number of piperidine rings is 1. The van der Waals surface area contributed by atoms with Crippen molar-refractivity contribution in [2.75, 3.05) is 33.0 Å². The van der Waals surface area contributed by atoms with E-state index in [-0.39, 0.29) is 29.8 Å². The van der Waals surface area contributed by atoms with Crippen LogP contribution in [0, 0.1) is 10.1 Å². The molecule has 7 nitrogen and oxygen atoms in total. The minimum Gasteiger partial charge on any atom is -0.490 e. The van der Waals surface area contributed by atoms with E-state index >= 15 is 0 Å². The van der Waals surface area contributed by atoms with Crippen LogP contribution in [0.4, 0.5) is 5.69 Å². The number of hydrogen-bond acceptors (Lipinski definition) is 6. The molecular weight excluding hydrogens is 366 g/mol. The Hall–Kier alpha value is -1.51. The number of nitro benzene ring substituents is 1. The van der Waals surface area contributed by atoms with Crippen molar-refractivity contribution in [1.82, 2.24) is 10.2 Å². The molecule has 0 bridgehead atoms. The van der Waals surface area contributed by atoms with Crippen LogP contribution in [0.3, 0.4) is 0 Å². The van der Waals surface area contributed by atoms with Crippen LogP contribution in [0.15, 0.2) is 18.2 Å². The summed E-state index contributed by atoms with van der Waals surface area (Å²) in [7, 11) is 3.27. The van der Waals surface area contributed by atoms with E-state index in [9.17, 15) is 14.9 Å². The van der Waals surface area contributed by atoms with Gasteiger partial charge in [0.05, 0.1) is 17.8 Å². The number of hydrogen-bond donors (Lipinski definition) is 1. The molecule has 1 aromatic carbocycles. The van der Waals surface area contributed by atoms with Crippen molar-refractivity contribution in [3.63, 3.8) is 0 Å². The summed E-state index contributed by atoms with van der Waals surface area (Å²) in [6.07, 6.45) is 1.97. The number of methoxy groups -OCH3 is 1. The van der Waals surface area contributed by atoms with Crippen molar-refractivity contribution in [3.05, 3.63) is 33.9 Å². The maximum Gasteiger partial charge on any atom is 0.311 e. The van der Waals surface area contributed by atoms with Gasteiger partial charge in [-0.2, -0.15) is 0 Å². The second kappa shape index (κ2) is 10.5. The second-order valence-corrected chi connectivity index (χ2v) is 6.73. The molecule has 0 saturated carbocycles. The van der Waals surface area contributed by atoms with E-state index < -0.39 is 4.92 Å². The third kappa shape index (κ3) is 6.05. The highest BCUT2D eigenvalue weighted by atomic mass is 35.5. The Bertz CT molecular complexity index is 597. The third-order valence-electron chi connectivity index (χ3n) is 4.18. The Kier molecular flexibility index (Phi) is 9.02. The van der Waals surface area contributed by atoms with Crippen molar-refractivity contribution in [3.8, 4) is 5.75 Å². The number of carbonyl (C=O) groups excluding carboxylic acids is 1. The lowest BCUT2D eigenvalue weighted by atomic mass is 10.1. The molecule has 140 valence electrons. The molecule has 0 aromatic heterocycles. The monoisotopic (exact) mass is 389 g/mol. The maximum absolute atomic E-state index is 12.3. The highest BCUT2D eigenvalue weighted by molar-refractivity contribution is 7.99. The summed E-state index contributed by atoms with van der Waals surface area (Å²) >= 11 is 1.47. The Morgan fingerprint density at radius 3 is 2.72 bits per heavy atom. The molecule has 1 amide bonds. The van der Waals surface area contributed by atoms with Gasteiger partial charge in [0.15, 0.2) is 5.75 Å². The highest BCUT2D eigenvalue weighted by Gasteiger charge is 2.21. The molecule has 1 aliphatic heterocycles. The molecule has 2 rings (SSSR count). The van der Waals surface area contributed by atoms with Crippen LogP contribution in [0.25, 0.3) is 0 Å².